The van der Waals surface area contributed by atoms with Gasteiger partial charge < -0.3 is 15.7 Å². The fraction of sp³-hybridized carbons (Fsp3) is 0.846. The van der Waals surface area contributed by atoms with Crippen molar-refractivity contribution in [3.8, 4) is 0 Å². The summed E-state index contributed by atoms with van der Waals surface area (Å²) in [6, 6.07) is 0. The van der Waals surface area contributed by atoms with Crippen molar-refractivity contribution < 1.29 is 9.90 Å². The molecule has 0 bridgehead atoms. The van der Waals surface area contributed by atoms with E-state index in [1.807, 2.05) is 0 Å². The van der Waals surface area contributed by atoms with Gasteiger partial charge in [0.15, 0.2) is 0 Å². The van der Waals surface area contributed by atoms with Crippen LogP contribution in [0.1, 0.15) is 25.7 Å². The molecule has 1 aliphatic heterocycles. The highest BCUT2D eigenvalue weighted by Gasteiger charge is 2.22. The Morgan fingerprint density at radius 2 is 2.32 bits per heavy atom. The number of hydrogen-bond acceptors (Lipinski definition) is 4. The molecule has 0 aromatic carbocycles. The van der Waals surface area contributed by atoms with E-state index in [4.69, 9.17) is 23.1 Å². The summed E-state index contributed by atoms with van der Waals surface area (Å²) in [5, 5.41) is 8.98. The van der Waals surface area contributed by atoms with E-state index in [-0.39, 0.29) is 12.5 Å². The van der Waals surface area contributed by atoms with Gasteiger partial charge in [0, 0.05) is 33.2 Å². The van der Waals surface area contributed by atoms with E-state index < -0.39 is 0 Å². The second-order valence-corrected chi connectivity index (χ2v) is 5.81. The van der Waals surface area contributed by atoms with E-state index in [2.05, 4.69) is 4.90 Å². The van der Waals surface area contributed by atoms with Gasteiger partial charge in [0.2, 0.25) is 5.91 Å². The van der Waals surface area contributed by atoms with E-state index >= 15 is 0 Å². The van der Waals surface area contributed by atoms with Crippen LogP contribution in [0.25, 0.3) is 0 Å². The molecule has 0 saturated carbocycles. The lowest BCUT2D eigenvalue weighted by Gasteiger charge is -2.33. The summed E-state index contributed by atoms with van der Waals surface area (Å²) in [5.74, 6) is 0.634. The highest BCUT2D eigenvalue weighted by Crippen LogP contribution is 2.18. The van der Waals surface area contributed by atoms with E-state index in [9.17, 15) is 4.79 Å². The molecule has 110 valence electrons. The quantitative estimate of drug-likeness (QED) is 0.655. The summed E-state index contributed by atoms with van der Waals surface area (Å²) >= 11 is 4.81. The third-order valence-electron chi connectivity index (χ3n) is 3.62. The average Bonchev–Trinajstić information content (AvgIpc) is 2.36. The number of likely N-dealkylation sites (N-methyl/N-ethyl adjacent to an activating group) is 1. The van der Waals surface area contributed by atoms with Gasteiger partial charge in [-0.1, -0.05) is 12.2 Å². The van der Waals surface area contributed by atoms with Crippen LogP contribution in [-0.2, 0) is 4.79 Å². The minimum Gasteiger partial charge on any atom is -0.396 e. The molecular weight excluding hydrogens is 262 g/mol. The number of hydrogen-bond donors (Lipinski definition) is 2. The molecule has 1 atom stereocenters. The third kappa shape index (κ3) is 6.31. The van der Waals surface area contributed by atoms with Crippen LogP contribution < -0.4 is 5.73 Å². The topological polar surface area (TPSA) is 69.8 Å². The van der Waals surface area contributed by atoms with Gasteiger partial charge in [-0.25, -0.2) is 0 Å². The van der Waals surface area contributed by atoms with Crippen molar-refractivity contribution in [2.45, 2.75) is 25.7 Å². The lowest BCUT2D eigenvalue weighted by molar-refractivity contribution is -0.131. The Morgan fingerprint density at radius 3 is 2.95 bits per heavy atom. The fourth-order valence-corrected chi connectivity index (χ4v) is 2.52. The Morgan fingerprint density at radius 1 is 1.58 bits per heavy atom. The molecule has 1 heterocycles. The van der Waals surface area contributed by atoms with Crippen LogP contribution in [0.4, 0.5) is 0 Å². The molecule has 6 heteroatoms. The van der Waals surface area contributed by atoms with Crippen molar-refractivity contribution in [2.75, 3.05) is 39.8 Å². The summed E-state index contributed by atoms with van der Waals surface area (Å²) in [5.41, 5.74) is 5.44. The van der Waals surface area contributed by atoms with Crippen LogP contribution >= 0.6 is 12.2 Å². The maximum atomic E-state index is 12.0. The monoisotopic (exact) mass is 287 g/mol. The van der Waals surface area contributed by atoms with Crippen molar-refractivity contribution >= 4 is 23.1 Å². The molecular formula is C13H25N3O2S. The Kier molecular flexibility index (Phi) is 7.27. The summed E-state index contributed by atoms with van der Waals surface area (Å²) in [4.78, 5) is 16.4. The molecule has 0 aromatic rings. The molecule has 1 fully saturated rings. The number of aliphatic hydroxyl groups is 1. The smallest absolute Gasteiger partial charge is 0.236 e. The first-order valence-corrected chi connectivity index (χ1v) is 7.29. The second-order valence-electron chi connectivity index (χ2n) is 5.29. The van der Waals surface area contributed by atoms with Gasteiger partial charge in [0.05, 0.1) is 11.5 Å². The number of rotatable bonds is 7. The van der Waals surface area contributed by atoms with Crippen molar-refractivity contribution in [1.82, 2.24) is 9.80 Å². The number of carbonyl (C=O) groups is 1. The normalized spacial score (nSPS) is 20.2. The molecule has 19 heavy (non-hydrogen) atoms. The van der Waals surface area contributed by atoms with Crippen LogP contribution in [0.15, 0.2) is 0 Å². The first-order valence-electron chi connectivity index (χ1n) is 6.88. The molecule has 0 aromatic heterocycles. The minimum absolute atomic E-state index is 0.112. The number of piperidine rings is 1. The number of nitrogens with zero attached hydrogens (tertiary/aromatic N) is 2. The predicted octanol–water partition coefficient (Wildman–Crippen LogP) is 0.215. The number of aliphatic hydroxyl groups excluding tert-OH is 1. The molecule has 1 unspecified atom stereocenters. The Labute approximate surface area is 120 Å². The fourth-order valence-electron chi connectivity index (χ4n) is 2.43. The zero-order chi connectivity index (χ0) is 14.3. The van der Waals surface area contributed by atoms with Crippen molar-refractivity contribution in [1.29, 1.82) is 0 Å². The highest BCUT2D eigenvalue weighted by atomic mass is 32.1. The van der Waals surface area contributed by atoms with Gasteiger partial charge in [0.25, 0.3) is 0 Å². The summed E-state index contributed by atoms with van der Waals surface area (Å²) in [6.45, 7) is 3.16. The van der Waals surface area contributed by atoms with Gasteiger partial charge in [-0.05, 0) is 31.7 Å². The largest absolute Gasteiger partial charge is 0.396 e. The molecule has 0 aliphatic carbocycles. The van der Waals surface area contributed by atoms with Gasteiger partial charge in [0.1, 0.15) is 0 Å². The molecule has 5 nitrogen and oxygen atoms in total. The first-order chi connectivity index (χ1) is 9.02. The highest BCUT2D eigenvalue weighted by molar-refractivity contribution is 7.80. The van der Waals surface area contributed by atoms with E-state index in [1.54, 1.807) is 11.9 Å². The molecule has 1 rings (SSSR count). The lowest BCUT2D eigenvalue weighted by atomic mass is 9.95. The number of amides is 1. The SMILES string of the molecule is CN(CCC(N)=S)C(=O)CN1CCCC(CCO)C1. The van der Waals surface area contributed by atoms with Crippen LogP contribution in [0.3, 0.4) is 0 Å². The number of carbonyl (C=O) groups excluding carboxylic acids is 1. The molecule has 1 saturated heterocycles. The van der Waals surface area contributed by atoms with Crippen molar-refractivity contribution in [3.05, 3.63) is 0 Å². The van der Waals surface area contributed by atoms with E-state index in [0.29, 0.717) is 30.4 Å². The van der Waals surface area contributed by atoms with Gasteiger partial charge in [-0.2, -0.15) is 0 Å². The first kappa shape index (κ1) is 16.3. The minimum atomic E-state index is 0.112. The number of thiocarbonyl (C=S) groups is 1. The Bertz CT molecular complexity index is 310. The molecule has 1 aliphatic rings. The number of likely N-dealkylation sites (tertiary alicyclic amines) is 1. The van der Waals surface area contributed by atoms with E-state index in [1.165, 1.54) is 0 Å². The number of nitrogens with two attached hydrogens (primary N) is 1. The second kappa shape index (κ2) is 8.45. The Hall–Kier alpha value is -0.720. The van der Waals surface area contributed by atoms with Crippen LogP contribution in [0.2, 0.25) is 0 Å². The standard InChI is InChI=1S/C13H25N3O2S/c1-15(7-4-12(14)19)13(18)10-16-6-2-3-11(9-16)5-8-17/h11,17H,2-10H2,1H3,(H2,14,19). The predicted molar refractivity (Wildman–Crippen MR) is 79.9 cm³/mol. The summed E-state index contributed by atoms with van der Waals surface area (Å²) < 4.78 is 0. The Balaban J connectivity index is 2.32. The zero-order valence-electron chi connectivity index (χ0n) is 11.7. The molecule has 3 N–H and O–H groups in total. The van der Waals surface area contributed by atoms with Gasteiger partial charge >= 0.3 is 0 Å². The van der Waals surface area contributed by atoms with Gasteiger partial charge in [-0.15, -0.1) is 0 Å². The molecule has 0 radical (unpaired) electrons. The van der Waals surface area contributed by atoms with Gasteiger partial charge in [-0.3, -0.25) is 9.69 Å². The van der Waals surface area contributed by atoms with E-state index in [0.717, 1.165) is 32.4 Å². The maximum absolute atomic E-state index is 12.0. The molecule has 0 spiro atoms. The van der Waals surface area contributed by atoms with Crippen LogP contribution in [0, 0.1) is 5.92 Å². The summed E-state index contributed by atoms with van der Waals surface area (Å²) in [7, 11) is 1.79. The van der Waals surface area contributed by atoms with Crippen molar-refractivity contribution in [3.63, 3.8) is 0 Å². The third-order valence-corrected chi connectivity index (χ3v) is 3.82. The maximum Gasteiger partial charge on any atom is 0.236 e. The van der Waals surface area contributed by atoms with Crippen molar-refractivity contribution in [2.24, 2.45) is 11.7 Å². The lowest BCUT2D eigenvalue weighted by Crippen LogP contribution is -2.43. The molecule has 1 amide bonds. The summed E-state index contributed by atoms with van der Waals surface area (Å²) in [6.07, 6.45) is 3.67. The zero-order valence-corrected chi connectivity index (χ0v) is 12.5. The van der Waals surface area contributed by atoms with Crippen LogP contribution in [0.5, 0.6) is 0 Å². The average molecular weight is 287 g/mol. The van der Waals surface area contributed by atoms with Crippen LogP contribution in [-0.4, -0.2) is 65.6 Å².